The summed E-state index contributed by atoms with van der Waals surface area (Å²) >= 11 is 0. The van der Waals surface area contributed by atoms with Crippen molar-refractivity contribution in [2.24, 2.45) is 0 Å². The standard InChI is InChI=1S/C44H81O8P/c1-3-5-7-9-11-13-15-17-19-21-23-25-27-29-31-33-35-37-39-44(46)52-42(41-51-53(47,48)49)40-50-43(45)38-36-34-32-30-28-26-24-22-20-18-16-14-12-10-8-6-4-2/h12,14,18,20,24,26,42H,3-11,13,15-17,19,21-23,25,27-41H2,1-2H3,(H2,47,48,49)/b14-12-,20-18-,26-24-/t42-/m1/s1. The minimum atomic E-state index is -4.76. The number of phosphoric ester groups is 1. The molecule has 310 valence electrons. The van der Waals surface area contributed by atoms with Crippen molar-refractivity contribution >= 4 is 19.8 Å². The molecule has 0 heterocycles. The Bertz CT molecular complexity index is 957. The first kappa shape index (κ1) is 51.3. The van der Waals surface area contributed by atoms with Gasteiger partial charge in [-0.2, -0.15) is 0 Å². The summed E-state index contributed by atoms with van der Waals surface area (Å²) < 4.78 is 26.4. The third-order valence-corrected chi connectivity index (χ3v) is 9.90. The van der Waals surface area contributed by atoms with Crippen LogP contribution in [0.25, 0.3) is 0 Å². The van der Waals surface area contributed by atoms with E-state index in [4.69, 9.17) is 19.3 Å². The fraction of sp³-hybridized carbons (Fsp3) is 0.818. The topological polar surface area (TPSA) is 119 Å². The van der Waals surface area contributed by atoms with Crippen LogP contribution in [0.2, 0.25) is 0 Å². The Morgan fingerprint density at radius 1 is 0.491 bits per heavy atom. The number of phosphoric acid groups is 1. The highest BCUT2D eigenvalue weighted by Gasteiger charge is 2.22. The average molecular weight is 769 g/mol. The second kappa shape index (κ2) is 39.9. The van der Waals surface area contributed by atoms with E-state index in [1.54, 1.807) is 0 Å². The molecule has 9 heteroatoms. The zero-order valence-electron chi connectivity index (χ0n) is 34.2. The molecule has 0 aliphatic carbocycles. The van der Waals surface area contributed by atoms with Crippen LogP contribution in [0.5, 0.6) is 0 Å². The van der Waals surface area contributed by atoms with Crippen LogP contribution in [0.15, 0.2) is 36.5 Å². The molecule has 0 aromatic carbocycles. The monoisotopic (exact) mass is 769 g/mol. The minimum absolute atomic E-state index is 0.210. The molecule has 8 nitrogen and oxygen atoms in total. The number of carbonyl (C=O) groups excluding carboxylic acids is 2. The molecule has 0 rings (SSSR count). The van der Waals surface area contributed by atoms with Crippen LogP contribution in [-0.2, 0) is 28.2 Å². The molecule has 1 atom stereocenters. The highest BCUT2D eigenvalue weighted by molar-refractivity contribution is 7.46. The summed E-state index contributed by atoms with van der Waals surface area (Å²) in [5.74, 6) is -0.902. The van der Waals surface area contributed by atoms with E-state index in [1.807, 2.05) is 0 Å². The molecule has 53 heavy (non-hydrogen) atoms. The molecular weight excluding hydrogens is 687 g/mol. The molecule has 0 aliphatic heterocycles. The summed E-state index contributed by atoms with van der Waals surface area (Å²) in [4.78, 5) is 42.9. The first-order valence-corrected chi connectivity index (χ1v) is 23.3. The number of rotatable bonds is 40. The van der Waals surface area contributed by atoms with Crippen molar-refractivity contribution in [3.05, 3.63) is 36.5 Å². The van der Waals surface area contributed by atoms with Gasteiger partial charge in [0.25, 0.3) is 0 Å². The summed E-state index contributed by atoms with van der Waals surface area (Å²) in [6.07, 6.45) is 47.2. The zero-order chi connectivity index (χ0) is 38.9. The number of hydrogen-bond acceptors (Lipinski definition) is 6. The van der Waals surface area contributed by atoms with Crippen LogP contribution < -0.4 is 0 Å². The molecular formula is C44H81O8P. The van der Waals surface area contributed by atoms with E-state index in [2.05, 4.69) is 54.8 Å². The lowest BCUT2D eigenvalue weighted by Gasteiger charge is -2.18. The van der Waals surface area contributed by atoms with Crippen LogP contribution >= 0.6 is 7.82 Å². The van der Waals surface area contributed by atoms with Crippen molar-refractivity contribution in [1.29, 1.82) is 0 Å². The summed E-state index contributed by atoms with van der Waals surface area (Å²) in [6.45, 7) is 3.66. The first-order chi connectivity index (χ1) is 25.8. The molecule has 0 bridgehead atoms. The summed E-state index contributed by atoms with van der Waals surface area (Å²) in [7, 11) is -4.76. The van der Waals surface area contributed by atoms with Crippen molar-refractivity contribution in [1.82, 2.24) is 0 Å². The van der Waals surface area contributed by atoms with Crippen LogP contribution in [0.4, 0.5) is 0 Å². The molecule has 0 saturated heterocycles. The van der Waals surface area contributed by atoms with Gasteiger partial charge < -0.3 is 19.3 Å². The molecule has 2 N–H and O–H groups in total. The molecule has 0 aromatic rings. The van der Waals surface area contributed by atoms with Gasteiger partial charge in [0.15, 0.2) is 6.10 Å². The van der Waals surface area contributed by atoms with Crippen LogP contribution in [0, 0.1) is 0 Å². The molecule has 0 spiro atoms. The minimum Gasteiger partial charge on any atom is -0.462 e. The van der Waals surface area contributed by atoms with E-state index in [9.17, 15) is 14.2 Å². The van der Waals surface area contributed by atoms with Crippen molar-refractivity contribution < 1.29 is 37.9 Å². The van der Waals surface area contributed by atoms with Gasteiger partial charge in [0, 0.05) is 12.8 Å². The van der Waals surface area contributed by atoms with Gasteiger partial charge in [-0.25, -0.2) is 4.57 Å². The van der Waals surface area contributed by atoms with Crippen molar-refractivity contribution in [2.45, 2.75) is 219 Å². The van der Waals surface area contributed by atoms with E-state index in [0.717, 1.165) is 57.8 Å². The lowest BCUT2D eigenvalue weighted by molar-refractivity contribution is -0.161. The predicted octanol–water partition coefficient (Wildman–Crippen LogP) is 13.4. The molecule has 0 fully saturated rings. The Kier molecular flexibility index (Phi) is 38.6. The number of ether oxygens (including phenoxy) is 2. The van der Waals surface area contributed by atoms with Crippen molar-refractivity contribution in [3.63, 3.8) is 0 Å². The number of allylic oxidation sites excluding steroid dienone is 6. The van der Waals surface area contributed by atoms with Crippen LogP contribution in [-0.4, -0.2) is 41.0 Å². The van der Waals surface area contributed by atoms with E-state index >= 15 is 0 Å². The van der Waals surface area contributed by atoms with Gasteiger partial charge in [0.05, 0.1) is 6.61 Å². The molecule has 0 amide bonds. The second-order valence-corrected chi connectivity index (χ2v) is 15.9. The van der Waals surface area contributed by atoms with Gasteiger partial charge in [-0.1, -0.05) is 185 Å². The van der Waals surface area contributed by atoms with Crippen molar-refractivity contribution in [2.75, 3.05) is 13.2 Å². The Hall–Kier alpha value is -1.73. The summed E-state index contributed by atoms with van der Waals surface area (Å²) in [5, 5.41) is 0. The van der Waals surface area contributed by atoms with Gasteiger partial charge in [-0.15, -0.1) is 0 Å². The van der Waals surface area contributed by atoms with Gasteiger partial charge in [0.1, 0.15) is 6.61 Å². The summed E-state index contributed by atoms with van der Waals surface area (Å²) in [6, 6.07) is 0. The third-order valence-electron chi connectivity index (χ3n) is 9.41. The number of unbranched alkanes of at least 4 members (excludes halogenated alkanes) is 24. The van der Waals surface area contributed by atoms with E-state index in [-0.39, 0.29) is 19.4 Å². The summed E-state index contributed by atoms with van der Waals surface area (Å²) in [5.41, 5.74) is 0. The number of hydrogen-bond donors (Lipinski definition) is 2. The Labute approximate surface area is 325 Å². The predicted molar refractivity (Wildman–Crippen MR) is 221 cm³/mol. The van der Waals surface area contributed by atoms with Gasteiger partial charge in [-0.05, 0) is 51.4 Å². The largest absolute Gasteiger partial charge is 0.469 e. The van der Waals surface area contributed by atoms with Gasteiger partial charge in [-0.3, -0.25) is 14.1 Å². The Morgan fingerprint density at radius 3 is 1.30 bits per heavy atom. The normalized spacial score (nSPS) is 12.8. The van der Waals surface area contributed by atoms with Gasteiger partial charge in [0.2, 0.25) is 0 Å². The van der Waals surface area contributed by atoms with E-state index in [1.165, 1.54) is 116 Å². The molecule has 0 unspecified atom stereocenters. The number of carbonyl (C=O) groups is 2. The SMILES string of the molecule is CCCCC/C=C\C/C=C\C/C=C\CCCCCCC(=O)OC[C@H](COP(=O)(O)O)OC(=O)CCCCCCCCCCCCCCCCCCCC. The second-order valence-electron chi connectivity index (χ2n) is 14.7. The molecule has 0 saturated carbocycles. The number of esters is 2. The smallest absolute Gasteiger partial charge is 0.462 e. The Morgan fingerprint density at radius 2 is 0.849 bits per heavy atom. The fourth-order valence-corrected chi connectivity index (χ4v) is 6.51. The first-order valence-electron chi connectivity index (χ1n) is 21.8. The highest BCUT2D eigenvalue weighted by atomic mass is 31.2. The fourth-order valence-electron chi connectivity index (χ4n) is 6.15. The quantitative estimate of drug-likeness (QED) is 0.0274. The van der Waals surface area contributed by atoms with Gasteiger partial charge >= 0.3 is 19.8 Å². The van der Waals surface area contributed by atoms with E-state index in [0.29, 0.717) is 12.8 Å². The van der Waals surface area contributed by atoms with Crippen molar-refractivity contribution in [3.8, 4) is 0 Å². The maximum absolute atomic E-state index is 12.4. The molecule has 0 radical (unpaired) electrons. The lowest BCUT2D eigenvalue weighted by atomic mass is 10.0. The van der Waals surface area contributed by atoms with E-state index < -0.39 is 32.5 Å². The Balaban J connectivity index is 3.92. The highest BCUT2D eigenvalue weighted by Crippen LogP contribution is 2.36. The van der Waals surface area contributed by atoms with Crippen LogP contribution in [0.3, 0.4) is 0 Å². The average Bonchev–Trinajstić information content (AvgIpc) is 3.13. The third kappa shape index (κ3) is 42.9. The zero-order valence-corrected chi connectivity index (χ0v) is 35.1. The lowest BCUT2D eigenvalue weighted by Crippen LogP contribution is -2.29. The molecule has 0 aliphatic rings. The molecule has 0 aromatic heterocycles. The maximum Gasteiger partial charge on any atom is 0.469 e. The maximum atomic E-state index is 12.4. The van der Waals surface area contributed by atoms with Crippen LogP contribution in [0.1, 0.15) is 213 Å².